The summed E-state index contributed by atoms with van der Waals surface area (Å²) in [5, 5.41) is 0. The lowest BCUT2D eigenvalue weighted by atomic mass is 9.91. The molecule has 3 aromatic rings. The van der Waals surface area contributed by atoms with Gasteiger partial charge in [0.1, 0.15) is 11.5 Å². The molecular weight excluding hydrogens is 353 g/mol. The Bertz CT molecular complexity index is 944. The molecule has 148 valence electrons. The van der Waals surface area contributed by atoms with E-state index in [9.17, 15) is 9.18 Å². The lowest BCUT2D eigenvalue weighted by Gasteiger charge is -2.25. The van der Waals surface area contributed by atoms with Gasteiger partial charge in [0.2, 0.25) is 5.91 Å². The molecular formula is C23H28FN3O. The van der Waals surface area contributed by atoms with E-state index in [4.69, 9.17) is 0 Å². The second-order valence-corrected chi connectivity index (χ2v) is 7.24. The lowest BCUT2D eigenvalue weighted by Crippen LogP contribution is -2.33. The number of nitrogens with zero attached hydrogens (tertiary/aromatic N) is 3. The zero-order valence-corrected chi connectivity index (χ0v) is 16.9. The van der Waals surface area contributed by atoms with Crippen molar-refractivity contribution in [1.82, 2.24) is 14.3 Å². The standard InChI is InChI=1S/C23H28FN3O/c1-4-12-26(13-5-2)23(28)15-20(18-9-7-10-19(24)14-18)21-16-25-22-11-6-8-17(3)27(21)22/h6-11,14,16,20H,4-5,12-13,15H2,1-3H3/t20-/m1/s1. The highest BCUT2D eigenvalue weighted by Crippen LogP contribution is 2.30. The SMILES string of the molecule is CCCN(CCC)C(=O)C[C@H](c1cccc(F)c1)c1cnc2cccc(C)n12. The summed E-state index contributed by atoms with van der Waals surface area (Å²) in [7, 11) is 0. The van der Waals surface area contributed by atoms with Crippen LogP contribution in [0.5, 0.6) is 0 Å². The molecule has 0 saturated carbocycles. The van der Waals surface area contributed by atoms with Crippen molar-refractivity contribution in [3.05, 3.63) is 71.4 Å². The number of halogens is 1. The van der Waals surface area contributed by atoms with Crippen molar-refractivity contribution < 1.29 is 9.18 Å². The second-order valence-electron chi connectivity index (χ2n) is 7.24. The fourth-order valence-corrected chi connectivity index (χ4v) is 3.80. The number of fused-ring (bicyclic) bond motifs is 1. The van der Waals surface area contributed by atoms with Gasteiger partial charge < -0.3 is 9.30 Å². The smallest absolute Gasteiger partial charge is 0.223 e. The van der Waals surface area contributed by atoms with Crippen LogP contribution < -0.4 is 0 Å². The Hall–Kier alpha value is -2.69. The van der Waals surface area contributed by atoms with E-state index in [1.54, 1.807) is 6.07 Å². The predicted molar refractivity (Wildman–Crippen MR) is 110 cm³/mol. The van der Waals surface area contributed by atoms with Crippen molar-refractivity contribution in [2.24, 2.45) is 0 Å². The Morgan fingerprint density at radius 2 is 1.86 bits per heavy atom. The van der Waals surface area contributed by atoms with Crippen LogP contribution in [0.25, 0.3) is 5.65 Å². The van der Waals surface area contributed by atoms with E-state index < -0.39 is 0 Å². The highest BCUT2D eigenvalue weighted by atomic mass is 19.1. The monoisotopic (exact) mass is 381 g/mol. The van der Waals surface area contributed by atoms with Gasteiger partial charge in [0.05, 0.1) is 5.69 Å². The van der Waals surface area contributed by atoms with Gasteiger partial charge in [-0.25, -0.2) is 9.37 Å². The Kier molecular flexibility index (Phi) is 6.45. The van der Waals surface area contributed by atoms with Crippen LogP contribution in [0.4, 0.5) is 4.39 Å². The van der Waals surface area contributed by atoms with Crippen molar-refractivity contribution in [2.45, 2.75) is 46.0 Å². The number of carbonyl (C=O) groups excluding carboxylic acids is 1. The number of amides is 1. The van der Waals surface area contributed by atoms with Gasteiger partial charge in [-0.05, 0) is 49.6 Å². The largest absolute Gasteiger partial charge is 0.343 e. The number of aromatic nitrogens is 2. The molecule has 0 N–H and O–H groups in total. The minimum absolute atomic E-state index is 0.0986. The Labute approximate surface area is 166 Å². The molecule has 0 bridgehead atoms. The average Bonchev–Trinajstić information content (AvgIpc) is 3.11. The first-order valence-electron chi connectivity index (χ1n) is 10.0. The fraction of sp³-hybridized carbons (Fsp3) is 0.391. The van der Waals surface area contributed by atoms with Crippen LogP contribution in [0, 0.1) is 12.7 Å². The molecule has 0 aliphatic carbocycles. The number of hydrogen-bond acceptors (Lipinski definition) is 2. The van der Waals surface area contributed by atoms with Crippen LogP contribution in [-0.2, 0) is 4.79 Å². The van der Waals surface area contributed by atoms with E-state index in [-0.39, 0.29) is 17.6 Å². The number of rotatable bonds is 8. The van der Waals surface area contributed by atoms with Gasteiger partial charge >= 0.3 is 0 Å². The zero-order chi connectivity index (χ0) is 20.1. The third-order valence-electron chi connectivity index (χ3n) is 5.08. The van der Waals surface area contributed by atoms with Gasteiger partial charge in [0.15, 0.2) is 0 Å². The number of hydrogen-bond donors (Lipinski definition) is 0. The topological polar surface area (TPSA) is 37.6 Å². The van der Waals surface area contributed by atoms with Crippen molar-refractivity contribution in [1.29, 1.82) is 0 Å². The van der Waals surface area contributed by atoms with Crippen LogP contribution in [0.3, 0.4) is 0 Å². The molecule has 1 atom stereocenters. The van der Waals surface area contributed by atoms with Gasteiger partial charge in [-0.15, -0.1) is 0 Å². The number of benzene rings is 1. The van der Waals surface area contributed by atoms with E-state index >= 15 is 0 Å². The first kappa shape index (κ1) is 20.1. The van der Waals surface area contributed by atoms with Crippen LogP contribution in [0.1, 0.15) is 56.0 Å². The molecule has 28 heavy (non-hydrogen) atoms. The van der Waals surface area contributed by atoms with Crippen molar-refractivity contribution in [2.75, 3.05) is 13.1 Å². The molecule has 0 unspecified atom stereocenters. The summed E-state index contributed by atoms with van der Waals surface area (Å²) >= 11 is 0. The zero-order valence-electron chi connectivity index (χ0n) is 16.9. The summed E-state index contributed by atoms with van der Waals surface area (Å²) in [4.78, 5) is 19.5. The third kappa shape index (κ3) is 4.24. The summed E-state index contributed by atoms with van der Waals surface area (Å²) in [6, 6.07) is 12.5. The molecule has 0 saturated heterocycles. The van der Waals surface area contributed by atoms with Crippen LogP contribution in [0.15, 0.2) is 48.7 Å². The van der Waals surface area contributed by atoms with Crippen LogP contribution >= 0.6 is 0 Å². The van der Waals surface area contributed by atoms with E-state index in [0.29, 0.717) is 6.42 Å². The maximum absolute atomic E-state index is 14.0. The summed E-state index contributed by atoms with van der Waals surface area (Å²) in [5.74, 6) is -0.448. The molecule has 0 radical (unpaired) electrons. The molecule has 0 aliphatic rings. The maximum Gasteiger partial charge on any atom is 0.223 e. The third-order valence-corrected chi connectivity index (χ3v) is 5.08. The van der Waals surface area contributed by atoms with Crippen LogP contribution in [-0.4, -0.2) is 33.3 Å². The number of carbonyl (C=O) groups is 1. The van der Waals surface area contributed by atoms with Crippen molar-refractivity contribution in [3.63, 3.8) is 0 Å². The highest BCUT2D eigenvalue weighted by Gasteiger charge is 2.25. The summed E-state index contributed by atoms with van der Waals surface area (Å²) in [6.07, 6.45) is 3.96. The predicted octanol–water partition coefficient (Wildman–Crippen LogP) is 4.95. The van der Waals surface area contributed by atoms with Gasteiger partial charge in [0, 0.05) is 37.3 Å². The van der Waals surface area contributed by atoms with Crippen molar-refractivity contribution >= 4 is 11.6 Å². The van der Waals surface area contributed by atoms with E-state index in [1.165, 1.54) is 12.1 Å². The van der Waals surface area contributed by atoms with E-state index in [2.05, 4.69) is 23.2 Å². The van der Waals surface area contributed by atoms with E-state index in [1.807, 2.05) is 42.3 Å². The molecule has 3 rings (SSSR count). The highest BCUT2D eigenvalue weighted by molar-refractivity contribution is 5.77. The minimum Gasteiger partial charge on any atom is -0.343 e. The van der Waals surface area contributed by atoms with Gasteiger partial charge in [-0.3, -0.25) is 4.79 Å². The fourth-order valence-electron chi connectivity index (χ4n) is 3.80. The molecule has 2 aromatic heterocycles. The molecule has 5 heteroatoms. The Morgan fingerprint density at radius 1 is 1.14 bits per heavy atom. The summed E-state index contributed by atoms with van der Waals surface area (Å²) in [5.41, 5.74) is 3.59. The quantitative estimate of drug-likeness (QED) is 0.553. The first-order chi connectivity index (χ1) is 13.5. The first-order valence-corrected chi connectivity index (χ1v) is 10.0. The molecule has 0 spiro atoms. The summed E-state index contributed by atoms with van der Waals surface area (Å²) < 4.78 is 16.0. The molecule has 2 heterocycles. The Balaban J connectivity index is 2.04. The van der Waals surface area contributed by atoms with Gasteiger partial charge in [-0.1, -0.05) is 32.0 Å². The average molecular weight is 381 g/mol. The molecule has 0 fully saturated rings. The molecule has 1 amide bonds. The second kappa shape index (κ2) is 9.00. The van der Waals surface area contributed by atoms with Gasteiger partial charge in [-0.2, -0.15) is 0 Å². The maximum atomic E-state index is 14.0. The summed E-state index contributed by atoms with van der Waals surface area (Å²) in [6.45, 7) is 7.66. The molecule has 4 nitrogen and oxygen atoms in total. The van der Waals surface area contributed by atoms with Crippen molar-refractivity contribution in [3.8, 4) is 0 Å². The minimum atomic E-state index is -0.292. The van der Waals surface area contributed by atoms with Crippen LogP contribution in [0.2, 0.25) is 0 Å². The normalized spacial score (nSPS) is 12.3. The van der Waals surface area contributed by atoms with E-state index in [0.717, 1.165) is 48.5 Å². The number of pyridine rings is 1. The molecule has 0 aliphatic heterocycles. The number of imidazole rings is 1. The Morgan fingerprint density at radius 3 is 2.54 bits per heavy atom. The molecule has 1 aromatic carbocycles. The lowest BCUT2D eigenvalue weighted by molar-refractivity contribution is -0.131. The van der Waals surface area contributed by atoms with Gasteiger partial charge in [0.25, 0.3) is 0 Å². The number of aryl methyl sites for hydroxylation is 1.